The van der Waals surface area contributed by atoms with Gasteiger partial charge in [-0.15, -0.1) is 0 Å². The lowest BCUT2D eigenvalue weighted by molar-refractivity contribution is 0.391. The quantitative estimate of drug-likeness (QED) is 0.877. The van der Waals surface area contributed by atoms with E-state index < -0.39 is 15.3 Å². The number of benzene rings is 1. The van der Waals surface area contributed by atoms with Gasteiger partial charge in [-0.25, -0.2) is 8.42 Å². The van der Waals surface area contributed by atoms with E-state index in [9.17, 15) is 8.42 Å². The molecule has 0 amide bonds. The lowest BCUT2D eigenvalue weighted by atomic mass is 10.1. The smallest absolute Gasteiger partial charge is 0.218 e. The van der Waals surface area contributed by atoms with Crippen LogP contribution in [0.25, 0.3) is 0 Å². The summed E-state index contributed by atoms with van der Waals surface area (Å²) in [6.45, 7) is 3.98. The van der Waals surface area contributed by atoms with E-state index in [4.69, 9.17) is 11.6 Å². The Morgan fingerprint density at radius 1 is 1.37 bits per heavy atom. The first-order chi connectivity index (χ1) is 8.80. The SMILES string of the molecule is CNCC(C)S(=O)(=O)N(C)C(C)c1cccc(Cl)c1. The van der Waals surface area contributed by atoms with Gasteiger partial charge in [0.25, 0.3) is 0 Å². The average molecular weight is 305 g/mol. The highest BCUT2D eigenvalue weighted by Crippen LogP contribution is 2.25. The molecule has 108 valence electrons. The Labute approximate surface area is 120 Å². The third kappa shape index (κ3) is 3.92. The highest BCUT2D eigenvalue weighted by molar-refractivity contribution is 7.89. The molecule has 6 heteroatoms. The second-order valence-electron chi connectivity index (χ2n) is 4.66. The van der Waals surface area contributed by atoms with Crippen LogP contribution < -0.4 is 5.32 Å². The van der Waals surface area contributed by atoms with Crippen LogP contribution in [0.4, 0.5) is 0 Å². The molecule has 1 N–H and O–H groups in total. The Hall–Kier alpha value is -0.620. The highest BCUT2D eigenvalue weighted by Gasteiger charge is 2.29. The second-order valence-corrected chi connectivity index (χ2v) is 7.51. The molecule has 1 rings (SSSR count). The van der Waals surface area contributed by atoms with Crippen LogP contribution in [0, 0.1) is 0 Å². The van der Waals surface area contributed by atoms with Crippen molar-refractivity contribution in [3.8, 4) is 0 Å². The van der Waals surface area contributed by atoms with Crippen molar-refractivity contribution in [2.45, 2.75) is 25.1 Å². The molecule has 0 aliphatic heterocycles. The first-order valence-electron chi connectivity index (χ1n) is 6.17. The minimum Gasteiger partial charge on any atom is -0.318 e. The van der Waals surface area contributed by atoms with Crippen LogP contribution in [0.15, 0.2) is 24.3 Å². The van der Waals surface area contributed by atoms with Gasteiger partial charge in [-0.05, 0) is 38.6 Å². The van der Waals surface area contributed by atoms with Crippen molar-refractivity contribution in [3.63, 3.8) is 0 Å². The minimum absolute atomic E-state index is 0.247. The van der Waals surface area contributed by atoms with Crippen LogP contribution >= 0.6 is 11.6 Å². The number of hydrogen-bond acceptors (Lipinski definition) is 3. The van der Waals surface area contributed by atoms with Crippen LogP contribution in [0.3, 0.4) is 0 Å². The van der Waals surface area contributed by atoms with E-state index in [1.165, 1.54) is 4.31 Å². The predicted octanol–water partition coefficient (Wildman–Crippen LogP) is 2.27. The molecule has 4 nitrogen and oxygen atoms in total. The molecule has 0 saturated heterocycles. The maximum atomic E-state index is 12.4. The van der Waals surface area contributed by atoms with Crippen molar-refractivity contribution in [1.29, 1.82) is 0 Å². The van der Waals surface area contributed by atoms with E-state index >= 15 is 0 Å². The number of halogens is 1. The fourth-order valence-corrected chi connectivity index (χ4v) is 3.58. The van der Waals surface area contributed by atoms with E-state index in [2.05, 4.69) is 5.32 Å². The number of rotatable bonds is 6. The maximum Gasteiger partial charge on any atom is 0.218 e. The monoisotopic (exact) mass is 304 g/mol. The summed E-state index contributed by atoms with van der Waals surface area (Å²) < 4.78 is 26.1. The summed E-state index contributed by atoms with van der Waals surface area (Å²) in [5.41, 5.74) is 0.884. The van der Waals surface area contributed by atoms with Gasteiger partial charge in [0.2, 0.25) is 10.0 Å². The third-order valence-corrected chi connectivity index (χ3v) is 5.82. The molecule has 1 aromatic carbocycles. The first-order valence-corrected chi connectivity index (χ1v) is 8.05. The van der Waals surface area contributed by atoms with Crippen LogP contribution in [0.2, 0.25) is 5.02 Å². The first kappa shape index (κ1) is 16.4. The van der Waals surface area contributed by atoms with Gasteiger partial charge in [-0.3, -0.25) is 0 Å². The second kappa shape index (κ2) is 6.70. The lowest BCUT2D eigenvalue weighted by Crippen LogP contribution is -2.40. The van der Waals surface area contributed by atoms with Gasteiger partial charge in [0, 0.05) is 24.7 Å². The standard InChI is InChI=1S/C13H21ClN2O2S/c1-10(9-15-3)19(17,18)16(4)11(2)12-6-5-7-13(14)8-12/h5-8,10-11,15H,9H2,1-4H3. The van der Waals surface area contributed by atoms with Gasteiger partial charge in [0.15, 0.2) is 0 Å². The van der Waals surface area contributed by atoms with Crippen molar-refractivity contribution in [1.82, 2.24) is 9.62 Å². The fraction of sp³-hybridized carbons (Fsp3) is 0.538. The van der Waals surface area contributed by atoms with Gasteiger partial charge in [0.1, 0.15) is 0 Å². The zero-order chi connectivity index (χ0) is 14.6. The van der Waals surface area contributed by atoms with Crippen molar-refractivity contribution in [2.24, 2.45) is 0 Å². The fourth-order valence-electron chi connectivity index (χ4n) is 1.87. The summed E-state index contributed by atoms with van der Waals surface area (Å²) in [5, 5.41) is 3.03. The van der Waals surface area contributed by atoms with Gasteiger partial charge >= 0.3 is 0 Å². The Morgan fingerprint density at radius 3 is 2.53 bits per heavy atom. The third-order valence-electron chi connectivity index (χ3n) is 3.28. The average Bonchev–Trinajstić information content (AvgIpc) is 2.37. The molecule has 0 bridgehead atoms. The summed E-state index contributed by atoms with van der Waals surface area (Å²) in [7, 11) is 0.0131. The molecule has 0 fully saturated rings. The zero-order valence-corrected chi connectivity index (χ0v) is 13.3. The lowest BCUT2D eigenvalue weighted by Gasteiger charge is -2.27. The molecule has 2 atom stereocenters. The molecule has 0 aliphatic carbocycles. The molecular formula is C13H21ClN2O2S. The molecule has 2 unspecified atom stereocenters. The largest absolute Gasteiger partial charge is 0.318 e. The molecule has 0 aromatic heterocycles. The Morgan fingerprint density at radius 2 is 2.00 bits per heavy atom. The van der Waals surface area contributed by atoms with Crippen LogP contribution in [0.1, 0.15) is 25.5 Å². The van der Waals surface area contributed by atoms with Gasteiger partial charge in [-0.1, -0.05) is 23.7 Å². The van der Waals surface area contributed by atoms with Gasteiger partial charge in [0.05, 0.1) is 5.25 Å². The highest BCUT2D eigenvalue weighted by atomic mass is 35.5. The van der Waals surface area contributed by atoms with Crippen molar-refractivity contribution in [2.75, 3.05) is 20.6 Å². The summed E-state index contributed by atoms with van der Waals surface area (Å²) in [5.74, 6) is 0. The van der Waals surface area contributed by atoms with Crippen LogP contribution in [-0.4, -0.2) is 38.6 Å². The molecule has 0 spiro atoms. The maximum absolute atomic E-state index is 12.4. The molecular weight excluding hydrogens is 284 g/mol. The predicted molar refractivity (Wildman–Crippen MR) is 79.9 cm³/mol. The van der Waals surface area contributed by atoms with E-state index in [1.54, 1.807) is 33.2 Å². The Balaban J connectivity index is 2.96. The van der Waals surface area contributed by atoms with Crippen molar-refractivity contribution >= 4 is 21.6 Å². The summed E-state index contributed by atoms with van der Waals surface area (Å²) in [6, 6.07) is 7.02. The van der Waals surface area contributed by atoms with E-state index in [0.717, 1.165) is 5.56 Å². The Kier molecular flexibility index (Phi) is 5.80. The molecule has 0 radical (unpaired) electrons. The van der Waals surface area contributed by atoms with E-state index in [1.807, 2.05) is 19.1 Å². The van der Waals surface area contributed by atoms with Gasteiger partial charge < -0.3 is 5.32 Å². The summed E-state index contributed by atoms with van der Waals surface area (Å²) >= 11 is 5.94. The number of sulfonamides is 1. The minimum atomic E-state index is -3.33. The van der Waals surface area contributed by atoms with Crippen molar-refractivity contribution < 1.29 is 8.42 Å². The molecule has 0 heterocycles. The molecule has 0 saturated carbocycles. The van der Waals surface area contributed by atoms with E-state index in [0.29, 0.717) is 11.6 Å². The molecule has 0 aliphatic rings. The Bertz CT molecular complexity index is 519. The number of nitrogens with zero attached hydrogens (tertiary/aromatic N) is 1. The summed E-state index contributed by atoms with van der Waals surface area (Å²) in [4.78, 5) is 0. The number of hydrogen-bond donors (Lipinski definition) is 1. The van der Waals surface area contributed by atoms with Crippen LogP contribution in [0.5, 0.6) is 0 Å². The van der Waals surface area contributed by atoms with Gasteiger partial charge in [-0.2, -0.15) is 4.31 Å². The van der Waals surface area contributed by atoms with Crippen molar-refractivity contribution in [3.05, 3.63) is 34.9 Å². The zero-order valence-electron chi connectivity index (χ0n) is 11.7. The normalized spacial score (nSPS) is 15.5. The van der Waals surface area contributed by atoms with Crippen LogP contribution in [-0.2, 0) is 10.0 Å². The topological polar surface area (TPSA) is 49.4 Å². The molecule has 19 heavy (non-hydrogen) atoms. The number of nitrogens with one attached hydrogen (secondary N) is 1. The molecule has 1 aromatic rings. The summed E-state index contributed by atoms with van der Waals surface area (Å²) in [6.07, 6.45) is 0. The van der Waals surface area contributed by atoms with E-state index in [-0.39, 0.29) is 6.04 Å².